The Bertz CT molecular complexity index is 840. The van der Waals surface area contributed by atoms with Gasteiger partial charge in [-0.15, -0.1) is 11.8 Å². The van der Waals surface area contributed by atoms with Crippen LogP contribution >= 0.6 is 11.8 Å². The molecule has 0 atom stereocenters. The predicted molar refractivity (Wildman–Crippen MR) is 84.1 cm³/mol. The molecule has 1 aliphatic rings. The molecule has 0 aliphatic carbocycles. The number of hydrogen-bond acceptors (Lipinski definition) is 4. The van der Waals surface area contributed by atoms with Gasteiger partial charge >= 0.3 is 6.09 Å². The SMILES string of the molecule is CSc1cc(-c2ccc(F)c(F)c2)nc2c1C(=O)N(C(=O)O)CC2. The summed E-state index contributed by atoms with van der Waals surface area (Å²) in [7, 11) is 0. The van der Waals surface area contributed by atoms with Crippen LogP contribution in [0, 0.1) is 11.6 Å². The molecule has 0 saturated carbocycles. The van der Waals surface area contributed by atoms with E-state index in [1.807, 2.05) is 0 Å². The molecule has 2 heterocycles. The molecule has 124 valence electrons. The van der Waals surface area contributed by atoms with Crippen molar-refractivity contribution in [1.29, 1.82) is 0 Å². The second-order valence-electron chi connectivity index (χ2n) is 5.15. The van der Waals surface area contributed by atoms with Gasteiger partial charge in [-0.1, -0.05) is 0 Å². The van der Waals surface area contributed by atoms with Crippen LogP contribution in [0.2, 0.25) is 0 Å². The standard InChI is InChI=1S/C16H12F2N2O3S/c1-24-13-7-12(8-2-3-9(17)10(18)6-8)19-11-4-5-20(16(22)23)15(21)14(11)13/h2-3,6-7H,4-5H2,1H3,(H,22,23). The maximum absolute atomic E-state index is 13.5. The molecule has 1 aliphatic heterocycles. The average molecular weight is 350 g/mol. The molecular formula is C16H12F2N2O3S. The van der Waals surface area contributed by atoms with Gasteiger partial charge in [0.05, 0.1) is 17.0 Å². The van der Waals surface area contributed by atoms with Gasteiger partial charge in [-0.05, 0) is 30.5 Å². The van der Waals surface area contributed by atoms with Crippen molar-refractivity contribution in [2.24, 2.45) is 0 Å². The maximum Gasteiger partial charge on any atom is 0.414 e. The van der Waals surface area contributed by atoms with Gasteiger partial charge in [0.1, 0.15) is 0 Å². The third-order valence-electron chi connectivity index (χ3n) is 3.76. The van der Waals surface area contributed by atoms with Gasteiger partial charge < -0.3 is 5.11 Å². The van der Waals surface area contributed by atoms with Crippen molar-refractivity contribution in [3.8, 4) is 11.3 Å². The zero-order valence-electron chi connectivity index (χ0n) is 12.5. The van der Waals surface area contributed by atoms with Crippen LogP contribution in [0.25, 0.3) is 11.3 Å². The number of carbonyl (C=O) groups is 2. The first-order valence-electron chi connectivity index (χ1n) is 7.00. The van der Waals surface area contributed by atoms with Crippen molar-refractivity contribution in [2.45, 2.75) is 11.3 Å². The molecule has 0 spiro atoms. The van der Waals surface area contributed by atoms with Crippen molar-refractivity contribution in [3.05, 3.63) is 47.2 Å². The van der Waals surface area contributed by atoms with E-state index in [4.69, 9.17) is 5.11 Å². The van der Waals surface area contributed by atoms with Crippen LogP contribution in [0.1, 0.15) is 16.1 Å². The lowest BCUT2D eigenvalue weighted by molar-refractivity contribution is 0.0721. The van der Waals surface area contributed by atoms with E-state index in [-0.39, 0.29) is 18.5 Å². The lowest BCUT2D eigenvalue weighted by Crippen LogP contribution is -2.41. The lowest BCUT2D eigenvalue weighted by Gasteiger charge is -2.25. The first-order chi connectivity index (χ1) is 11.4. The van der Waals surface area contributed by atoms with E-state index in [0.29, 0.717) is 21.8 Å². The van der Waals surface area contributed by atoms with Crippen LogP contribution in [-0.2, 0) is 6.42 Å². The molecule has 0 unspecified atom stereocenters. The first-order valence-corrected chi connectivity index (χ1v) is 8.23. The Labute approximate surface area is 140 Å². The van der Waals surface area contributed by atoms with Crippen molar-refractivity contribution < 1.29 is 23.5 Å². The molecule has 24 heavy (non-hydrogen) atoms. The lowest BCUT2D eigenvalue weighted by atomic mass is 10.0. The van der Waals surface area contributed by atoms with Crippen LogP contribution in [-0.4, -0.2) is 39.8 Å². The molecule has 3 rings (SSSR count). The van der Waals surface area contributed by atoms with Gasteiger partial charge in [-0.3, -0.25) is 9.78 Å². The highest BCUT2D eigenvalue weighted by Crippen LogP contribution is 2.32. The summed E-state index contributed by atoms with van der Waals surface area (Å²) in [6.45, 7) is 0.0171. The number of imide groups is 1. The van der Waals surface area contributed by atoms with Crippen LogP contribution in [0.15, 0.2) is 29.2 Å². The average Bonchev–Trinajstić information content (AvgIpc) is 2.56. The Balaban J connectivity index is 2.12. The van der Waals surface area contributed by atoms with E-state index < -0.39 is 23.6 Å². The fourth-order valence-electron chi connectivity index (χ4n) is 2.58. The highest BCUT2D eigenvalue weighted by molar-refractivity contribution is 7.98. The zero-order valence-corrected chi connectivity index (χ0v) is 13.4. The highest BCUT2D eigenvalue weighted by atomic mass is 32.2. The number of carboxylic acid groups (broad SMARTS) is 1. The minimum atomic E-state index is -1.30. The van der Waals surface area contributed by atoms with E-state index in [0.717, 1.165) is 17.0 Å². The molecule has 2 aromatic rings. The number of thioether (sulfide) groups is 1. The van der Waals surface area contributed by atoms with Crippen molar-refractivity contribution in [2.75, 3.05) is 12.8 Å². The number of aromatic nitrogens is 1. The Hall–Kier alpha value is -2.48. The number of nitrogens with zero attached hydrogens (tertiary/aromatic N) is 2. The first kappa shape index (κ1) is 16.4. The van der Waals surface area contributed by atoms with Gasteiger partial charge in [0.25, 0.3) is 5.91 Å². The Morgan fingerprint density at radius 1 is 1.29 bits per heavy atom. The molecule has 0 bridgehead atoms. The van der Waals surface area contributed by atoms with Crippen LogP contribution in [0.3, 0.4) is 0 Å². The monoisotopic (exact) mass is 350 g/mol. The number of hydrogen-bond donors (Lipinski definition) is 1. The summed E-state index contributed by atoms with van der Waals surface area (Å²) in [4.78, 5) is 29.2. The third-order valence-corrected chi connectivity index (χ3v) is 4.52. The smallest absolute Gasteiger partial charge is 0.414 e. The number of fused-ring (bicyclic) bond motifs is 1. The highest BCUT2D eigenvalue weighted by Gasteiger charge is 2.32. The molecule has 8 heteroatoms. The fourth-order valence-corrected chi connectivity index (χ4v) is 3.22. The Kier molecular flexibility index (Phi) is 4.23. The maximum atomic E-state index is 13.5. The zero-order chi connectivity index (χ0) is 17.4. The summed E-state index contributed by atoms with van der Waals surface area (Å²) >= 11 is 1.27. The Morgan fingerprint density at radius 3 is 2.67 bits per heavy atom. The summed E-state index contributed by atoms with van der Waals surface area (Å²) in [5.74, 6) is -2.54. The molecule has 1 aromatic heterocycles. The van der Waals surface area contributed by atoms with Gasteiger partial charge in [0.15, 0.2) is 11.6 Å². The minimum absolute atomic E-state index is 0.0171. The van der Waals surface area contributed by atoms with E-state index in [1.165, 1.54) is 17.8 Å². The minimum Gasteiger partial charge on any atom is -0.465 e. The molecule has 5 nitrogen and oxygen atoms in total. The predicted octanol–water partition coefficient (Wildman–Crippen LogP) is 3.43. The fraction of sp³-hybridized carbons (Fsp3) is 0.188. The van der Waals surface area contributed by atoms with Crippen molar-refractivity contribution in [1.82, 2.24) is 9.88 Å². The number of amides is 2. The molecule has 2 amide bonds. The molecule has 1 aromatic carbocycles. The summed E-state index contributed by atoms with van der Waals surface area (Å²) in [6, 6.07) is 5.05. The van der Waals surface area contributed by atoms with E-state index in [9.17, 15) is 18.4 Å². The largest absolute Gasteiger partial charge is 0.465 e. The van der Waals surface area contributed by atoms with Gasteiger partial charge in [0, 0.05) is 23.4 Å². The number of rotatable bonds is 2. The molecule has 1 N–H and O–H groups in total. The molecule has 0 fully saturated rings. The number of benzene rings is 1. The van der Waals surface area contributed by atoms with Gasteiger partial charge in [0.2, 0.25) is 0 Å². The summed E-state index contributed by atoms with van der Waals surface area (Å²) in [6.07, 6.45) is 0.721. The van der Waals surface area contributed by atoms with E-state index in [1.54, 1.807) is 12.3 Å². The third kappa shape index (κ3) is 2.73. The normalized spacial score (nSPS) is 13.8. The number of carbonyl (C=O) groups excluding carboxylic acids is 1. The van der Waals surface area contributed by atoms with Crippen LogP contribution in [0.5, 0.6) is 0 Å². The van der Waals surface area contributed by atoms with Crippen LogP contribution in [0.4, 0.5) is 13.6 Å². The Morgan fingerprint density at radius 2 is 2.04 bits per heavy atom. The molecule has 0 saturated heterocycles. The van der Waals surface area contributed by atoms with Crippen molar-refractivity contribution >= 4 is 23.8 Å². The summed E-state index contributed by atoms with van der Waals surface area (Å²) in [5.41, 5.74) is 1.51. The summed E-state index contributed by atoms with van der Waals surface area (Å²) < 4.78 is 26.6. The quantitative estimate of drug-likeness (QED) is 0.841. The second-order valence-corrected chi connectivity index (χ2v) is 6.00. The number of pyridine rings is 1. The van der Waals surface area contributed by atoms with Gasteiger partial charge in [-0.25, -0.2) is 18.5 Å². The summed E-state index contributed by atoms with van der Waals surface area (Å²) in [5, 5.41) is 9.09. The molecule has 0 radical (unpaired) electrons. The van der Waals surface area contributed by atoms with Gasteiger partial charge in [-0.2, -0.15) is 0 Å². The van der Waals surface area contributed by atoms with Crippen molar-refractivity contribution in [3.63, 3.8) is 0 Å². The second kappa shape index (κ2) is 6.20. The van der Waals surface area contributed by atoms with Crippen LogP contribution < -0.4 is 0 Å². The van der Waals surface area contributed by atoms with E-state index in [2.05, 4.69) is 4.98 Å². The van der Waals surface area contributed by atoms with E-state index >= 15 is 0 Å². The number of halogens is 2. The molecular weight excluding hydrogens is 338 g/mol. The topological polar surface area (TPSA) is 70.5 Å².